The van der Waals surface area contributed by atoms with E-state index in [1.54, 1.807) is 13.1 Å². The normalized spacial score (nSPS) is 10.8. The van der Waals surface area contributed by atoms with Gasteiger partial charge in [0.25, 0.3) is 11.8 Å². The molecule has 0 aliphatic carbocycles. The Hall–Kier alpha value is -2.81. The van der Waals surface area contributed by atoms with Gasteiger partial charge in [0, 0.05) is 6.54 Å². The van der Waals surface area contributed by atoms with Crippen LogP contribution >= 0.6 is 11.6 Å². The molecular formula is C14H12ClFN6O2. The van der Waals surface area contributed by atoms with Crippen LogP contribution in [0, 0.1) is 12.7 Å². The summed E-state index contributed by atoms with van der Waals surface area (Å²) in [6.07, 6.45) is 1.63. The Morgan fingerprint density at radius 1 is 1.46 bits per heavy atom. The molecule has 2 heterocycles. The van der Waals surface area contributed by atoms with Crippen molar-refractivity contribution >= 4 is 17.5 Å². The fourth-order valence-corrected chi connectivity index (χ4v) is 2.21. The van der Waals surface area contributed by atoms with E-state index in [2.05, 4.69) is 25.8 Å². The van der Waals surface area contributed by atoms with E-state index in [-0.39, 0.29) is 23.0 Å². The molecule has 1 amide bonds. The van der Waals surface area contributed by atoms with Crippen LogP contribution in [0.4, 0.5) is 4.39 Å². The quantitative estimate of drug-likeness (QED) is 0.754. The molecule has 0 fully saturated rings. The van der Waals surface area contributed by atoms with Gasteiger partial charge < -0.3 is 9.84 Å². The lowest BCUT2D eigenvalue weighted by molar-refractivity contribution is 0.0952. The second-order valence-electron chi connectivity index (χ2n) is 4.89. The molecule has 3 rings (SSSR count). The first kappa shape index (κ1) is 16.1. The lowest BCUT2D eigenvalue weighted by Crippen LogP contribution is -2.27. The minimum atomic E-state index is -0.497. The highest BCUT2D eigenvalue weighted by molar-refractivity contribution is 6.33. The molecule has 0 spiro atoms. The van der Waals surface area contributed by atoms with Crippen molar-refractivity contribution < 1.29 is 13.7 Å². The third kappa shape index (κ3) is 3.57. The number of aromatic nitrogens is 5. The van der Waals surface area contributed by atoms with Crippen molar-refractivity contribution in [3.8, 4) is 11.6 Å². The van der Waals surface area contributed by atoms with E-state index in [1.165, 1.54) is 16.8 Å². The molecule has 0 unspecified atom stereocenters. The first-order valence-electron chi connectivity index (χ1n) is 6.97. The molecule has 0 saturated carbocycles. The van der Waals surface area contributed by atoms with Crippen LogP contribution in [-0.2, 0) is 6.54 Å². The Kier molecular flexibility index (Phi) is 4.52. The van der Waals surface area contributed by atoms with Crippen LogP contribution in [-0.4, -0.2) is 37.6 Å². The number of rotatable bonds is 5. The van der Waals surface area contributed by atoms with E-state index in [0.29, 0.717) is 18.1 Å². The molecule has 0 bridgehead atoms. The Morgan fingerprint density at radius 3 is 3.00 bits per heavy atom. The average Bonchev–Trinajstić information content (AvgIpc) is 3.16. The summed E-state index contributed by atoms with van der Waals surface area (Å²) in [6, 6.07) is 3.60. The Balaban J connectivity index is 1.57. The van der Waals surface area contributed by atoms with E-state index in [1.807, 2.05) is 0 Å². The van der Waals surface area contributed by atoms with Gasteiger partial charge >= 0.3 is 0 Å². The van der Waals surface area contributed by atoms with Crippen LogP contribution in [0.15, 0.2) is 28.9 Å². The van der Waals surface area contributed by atoms with Gasteiger partial charge in [-0.15, -0.1) is 5.10 Å². The molecule has 24 heavy (non-hydrogen) atoms. The molecule has 0 aliphatic rings. The van der Waals surface area contributed by atoms with Gasteiger partial charge in [-0.2, -0.15) is 4.98 Å². The molecule has 10 heteroatoms. The van der Waals surface area contributed by atoms with Crippen molar-refractivity contribution in [2.75, 3.05) is 6.54 Å². The van der Waals surface area contributed by atoms with Crippen LogP contribution in [0.1, 0.15) is 16.2 Å². The summed E-state index contributed by atoms with van der Waals surface area (Å²) in [5.41, 5.74) is 0.655. The highest BCUT2D eigenvalue weighted by atomic mass is 35.5. The maximum atomic E-state index is 13.0. The van der Waals surface area contributed by atoms with E-state index >= 15 is 0 Å². The lowest BCUT2D eigenvalue weighted by atomic mass is 10.2. The minimum Gasteiger partial charge on any atom is -0.350 e. The molecule has 8 nitrogen and oxygen atoms in total. The number of carbonyl (C=O) groups excluding carboxylic acids is 1. The third-order valence-electron chi connectivity index (χ3n) is 3.09. The molecular weight excluding hydrogens is 339 g/mol. The number of nitrogens with zero attached hydrogens (tertiary/aromatic N) is 5. The largest absolute Gasteiger partial charge is 0.350 e. The van der Waals surface area contributed by atoms with E-state index in [4.69, 9.17) is 16.1 Å². The van der Waals surface area contributed by atoms with Gasteiger partial charge in [-0.3, -0.25) is 4.79 Å². The zero-order valence-corrected chi connectivity index (χ0v) is 13.3. The number of hydrogen-bond acceptors (Lipinski definition) is 6. The van der Waals surface area contributed by atoms with E-state index in [9.17, 15) is 9.18 Å². The van der Waals surface area contributed by atoms with Gasteiger partial charge in [-0.25, -0.2) is 9.07 Å². The highest BCUT2D eigenvalue weighted by Gasteiger charge is 2.12. The van der Waals surface area contributed by atoms with Gasteiger partial charge in [0.05, 0.1) is 23.3 Å². The average molecular weight is 351 g/mol. The predicted molar refractivity (Wildman–Crippen MR) is 81.8 cm³/mol. The zero-order valence-electron chi connectivity index (χ0n) is 12.5. The van der Waals surface area contributed by atoms with Gasteiger partial charge in [0.15, 0.2) is 11.5 Å². The summed E-state index contributed by atoms with van der Waals surface area (Å²) in [4.78, 5) is 16.1. The fraction of sp³-hybridized carbons (Fsp3) is 0.214. The fourth-order valence-electron chi connectivity index (χ4n) is 1.96. The van der Waals surface area contributed by atoms with Crippen LogP contribution in [0.5, 0.6) is 0 Å². The van der Waals surface area contributed by atoms with Crippen molar-refractivity contribution in [1.29, 1.82) is 0 Å². The van der Waals surface area contributed by atoms with Crippen molar-refractivity contribution in [1.82, 2.24) is 30.5 Å². The molecule has 1 N–H and O–H groups in total. The molecule has 3 aromatic rings. The third-order valence-corrected chi connectivity index (χ3v) is 3.40. The Labute approximate surface area is 140 Å². The summed E-state index contributed by atoms with van der Waals surface area (Å²) in [5.74, 6) is -0.111. The second kappa shape index (κ2) is 6.75. The van der Waals surface area contributed by atoms with Crippen molar-refractivity contribution in [3.63, 3.8) is 0 Å². The van der Waals surface area contributed by atoms with Crippen LogP contribution in [0.3, 0.4) is 0 Å². The number of hydrogen-bond donors (Lipinski definition) is 1. The Morgan fingerprint density at radius 2 is 2.29 bits per heavy atom. The summed E-state index contributed by atoms with van der Waals surface area (Å²) in [5, 5.41) is 14.2. The summed E-state index contributed by atoms with van der Waals surface area (Å²) in [6.45, 7) is 2.37. The zero-order chi connectivity index (χ0) is 17.1. The SMILES string of the molecule is Cc1noc(-c2cn(CCNC(=O)c3ccc(F)cc3Cl)nn2)n1. The predicted octanol–water partition coefficient (Wildman–Crippen LogP) is 1.86. The van der Waals surface area contributed by atoms with Gasteiger partial charge in [-0.05, 0) is 25.1 Å². The number of carbonyl (C=O) groups is 1. The highest BCUT2D eigenvalue weighted by Crippen LogP contribution is 2.17. The number of aryl methyl sites for hydroxylation is 1. The number of nitrogens with one attached hydrogen (secondary N) is 1. The molecule has 0 atom stereocenters. The van der Waals surface area contributed by atoms with Gasteiger partial charge in [-0.1, -0.05) is 22.0 Å². The topological polar surface area (TPSA) is 98.7 Å². The molecule has 1 aromatic carbocycles. The standard InChI is InChI=1S/C14H12ClFN6O2/c1-8-18-14(24-20-8)12-7-22(21-19-12)5-4-17-13(23)10-3-2-9(16)6-11(10)15/h2-3,6-7H,4-5H2,1H3,(H,17,23). The Bertz CT molecular complexity index is 878. The molecule has 0 radical (unpaired) electrons. The van der Waals surface area contributed by atoms with Crippen molar-refractivity contribution in [2.24, 2.45) is 0 Å². The molecule has 2 aromatic heterocycles. The van der Waals surface area contributed by atoms with Gasteiger partial charge in [0.1, 0.15) is 5.82 Å². The maximum absolute atomic E-state index is 13.0. The van der Waals surface area contributed by atoms with Crippen LogP contribution in [0.2, 0.25) is 5.02 Å². The second-order valence-corrected chi connectivity index (χ2v) is 5.30. The van der Waals surface area contributed by atoms with Crippen molar-refractivity contribution in [2.45, 2.75) is 13.5 Å². The smallest absolute Gasteiger partial charge is 0.280 e. The minimum absolute atomic E-state index is 0.0577. The maximum Gasteiger partial charge on any atom is 0.280 e. The molecule has 0 aliphatic heterocycles. The molecule has 124 valence electrons. The summed E-state index contributed by atoms with van der Waals surface area (Å²) >= 11 is 5.84. The lowest BCUT2D eigenvalue weighted by Gasteiger charge is -2.06. The number of halogens is 2. The molecule has 0 saturated heterocycles. The first-order chi connectivity index (χ1) is 11.5. The summed E-state index contributed by atoms with van der Waals surface area (Å²) < 4.78 is 19.5. The first-order valence-corrected chi connectivity index (χ1v) is 7.35. The monoisotopic (exact) mass is 350 g/mol. The van der Waals surface area contributed by atoms with Gasteiger partial charge in [0.2, 0.25) is 0 Å². The van der Waals surface area contributed by atoms with Crippen molar-refractivity contribution in [3.05, 3.63) is 46.6 Å². The van der Waals surface area contributed by atoms with Crippen LogP contribution < -0.4 is 5.32 Å². The summed E-state index contributed by atoms with van der Waals surface area (Å²) in [7, 11) is 0. The number of amides is 1. The van der Waals surface area contributed by atoms with E-state index in [0.717, 1.165) is 6.07 Å². The van der Waals surface area contributed by atoms with Crippen LogP contribution in [0.25, 0.3) is 11.6 Å². The number of benzene rings is 1. The van der Waals surface area contributed by atoms with E-state index < -0.39 is 11.7 Å².